The normalized spacial score (nSPS) is 12.5. The molecule has 0 aromatic heterocycles. The molecule has 2 aromatic rings. The first-order chi connectivity index (χ1) is 14.5. The number of hydrogen-bond donors (Lipinski definition) is 3. The highest BCUT2D eigenvalue weighted by Gasteiger charge is 2.29. The van der Waals surface area contributed by atoms with E-state index in [0.29, 0.717) is 28.5 Å². The maximum atomic E-state index is 12.4. The first-order valence-electron chi connectivity index (χ1n) is 9.28. The molecule has 0 aliphatic heterocycles. The maximum Gasteiger partial charge on any atom is 0.269 e. The Morgan fingerprint density at radius 2 is 1.33 bits per heavy atom. The third-order valence-electron chi connectivity index (χ3n) is 4.58. The number of benzene rings is 2. The molecule has 1 aliphatic carbocycles. The number of ether oxygens (including phenoxy) is 3. The molecule has 3 N–H and O–H groups in total. The Hall–Kier alpha value is -3.75. The van der Waals surface area contributed by atoms with Gasteiger partial charge in [0.25, 0.3) is 11.8 Å². The van der Waals surface area contributed by atoms with E-state index in [2.05, 4.69) is 16.2 Å². The van der Waals surface area contributed by atoms with Crippen molar-refractivity contribution >= 4 is 23.4 Å². The molecule has 9 nitrogen and oxygen atoms in total. The van der Waals surface area contributed by atoms with E-state index >= 15 is 0 Å². The van der Waals surface area contributed by atoms with Crippen molar-refractivity contribution in [3.63, 3.8) is 0 Å². The fourth-order valence-corrected chi connectivity index (χ4v) is 2.76. The smallest absolute Gasteiger partial charge is 0.269 e. The van der Waals surface area contributed by atoms with Gasteiger partial charge in [0.2, 0.25) is 11.7 Å². The SMILES string of the molecule is COc1cc(C(=O)NNC(=O)c2ccc(NC(=O)C3CC3)cc2)cc(OC)c1OC. The lowest BCUT2D eigenvalue weighted by molar-refractivity contribution is -0.117. The first-order valence-corrected chi connectivity index (χ1v) is 9.28. The summed E-state index contributed by atoms with van der Waals surface area (Å²) in [6.45, 7) is 0. The molecule has 0 atom stereocenters. The van der Waals surface area contributed by atoms with Crippen molar-refractivity contribution in [2.45, 2.75) is 12.8 Å². The first kappa shape index (κ1) is 21.0. The predicted molar refractivity (Wildman–Crippen MR) is 109 cm³/mol. The van der Waals surface area contributed by atoms with Crippen molar-refractivity contribution in [2.75, 3.05) is 26.6 Å². The highest BCUT2D eigenvalue weighted by atomic mass is 16.5. The summed E-state index contributed by atoms with van der Waals surface area (Å²) < 4.78 is 15.7. The van der Waals surface area contributed by atoms with Gasteiger partial charge in [-0.1, -0.05) is 0 Å². The number of carbonyl (C=O) groups excluding carboxylic acids is 3. The Kier molecular flexibility index (Phi) is 6.41. The third-order valence-corrected chi connectivity index (χ3v) is 4.58. The van der Waals surface area contributed by atoms with Crippen LogP contribution in [0.1, 0.15) is 33.6 Å². The average molecular weight is 413 g/mol. The molecular formula is C21H23N3O6. The number of methoxy groups -OCH3 is 3. The van der Waals surface area contributed by atoms with E-state index in [1.807, 2.05) is 0 Å². The number of carbonyl (C=O) groups is 3. The second-order valence-electron chi connectivity index (χ2n) is 6.66. The summed E-state index contributed by atoms with van der Waals surface area (Å²) in [5.41, 5.74) is 5.85. The lowest BCUT2D eigenvalue weighted by Gasteiger charge is -2.14. The van der Waals surface area contributed by atoms with Crippen LogP contribution in [0.3, 0.4) is 0 Å². The molecule has 0 unspecified atom stereocenters. The van der Waals surface area contributed by atoms with Crippen molar-refractivity contribution in [3.8, 4) is 17.2 Å². The van der Waals surface area contributed by atoms with E-state index < -0.39 is 11.8 Å². The monoisotopic (exact) mass is 413 g/mol. The lowest BCUT2D eigenvalue weighted by Crippen LogP contribution is -2.41. The molecule has 158 valence electrons. The lowest BCUT2D eigenvalue weighted by atomic mass is 10.1. The zero-order chi connectivity index (χ0) is 21.7. The van der Waals surface area contributed by atoms with Crippen LogP contribution >= 0.6 is 0 Å². The molecule has 1 fully saturated rings. The molecule has 9 heteroatoms. The van der Waals surface area contributed by atoms with Gasteiger partial charge in [0, 0.05) is 22.7 Å². The molecule has 3 rings (SSSR count). The van der Waals surface area contributed by atoms with Gasteiger partial charge in [0.1, 0.15) is 0 Å². The minimum absolute atomic E-state index is 0.00943. The predicted octanol–water partition coefficient (Wildman–Crippen LogP) is 2.14. The highest BCUT2D eigenvalue weighted by molar-refractivity contribution is 6.00. The topological polar surface area (TPSA) is 115 Å². The molecule has 30 heavy (non-hydrogen) atoms. The van der Waals surface area contributed by atoms with Gasteiger partial charge in [-0.25, -0.2) is 0 Å². The number of hydrazine groups is 1. The van der Waals surface area contributed by atoms with Crippen LogP contribution in [-0.4, -0.2) is 39.1 Å². The summed E-state index contributed by atoms with van der Waals surface area (Å²) in [4.78, 5) is 36.5. The number of anilines is 1. The van der Waals surface area contributed by atoms with Crippen molar-refractivity contribution < 1.29 is 28.6 Å². The van der Waals surface area contributed by atoms with Crippen molar-refractivity contribution in [1.29, 1.82) is 0 Å². The summed E-state index contributed by atoms with van der Waals surface area (Å²) in [7, 11) is 4.35. The van der Waals surface area contributed by atoms with Crippen molar-refractivity contribution in [2.24, 2.45) is 5.92 Å². The van der Waals surface area contributed by atoms with E-state index in [-0.39, 0.29) is 17.4 Å². The minimum atomic E-state index is -0.559. The van der Waals surface area contributed by atoms with E-state index in [1.54, 1.807) is 24.3 Å². The molecule has 0 heterocycles. The molecule has 0 bridgehead atoms. The summed E-state index contributed by atoms with van der Waals surface area (Å²) in [6.07, 6.45) is 1.83. The van der Waals surface area contributed by atoms with E-state index in [4.69, 9.17) is 14.2 Å². The van der Waals surface area contributed by atoms with Gasteiger partial charge < -0.3 is 19.5 Å². The molecule has 1 aliphatic rings. The average Bonchev–Trinajstić information content (AvgIpc) is 3.62. The van der Waals surface area contributed by atoms with Crippen LogP contribution in [0.15, 0.2) is 36.4 Å². The van der Waals surface area contributed by atoms with Gasteiger partial charge in [-0.15, -0.1) is 0 Å². The Morgan fingerprint density at radius 1 is 0.800 bits per heavy atom. The standard InChI is InChI=1S/C21H23N3O6/c1-28-16-10-14(11-17(29-2)18(16)30-3)21(27)24-23-20(26)13-6-8-15(9-7-13)22-19(25)12-4-5-12/h6-12H,4-5H2,1-3H3,(H,22,25)(H,23,26)(H,24,27). The van der Waals surface area contributed by atoms with Crippen LogP contribution in [-0.2, 0) is 4.79 Å². The van der Waals surface area contributed by atoms with Crippen molar-refractivity contribution in [1.82, 2.24) is 10.9 Å². The van der Waals surface area contributed by atoms with Crippen LogP contribution in [0, 0.1) is 5.92 Å². The highest BCUT2D eigenvalue weighted by Crippen LogP contribution is 2.38. The van der Waals surface area contributed by atoms with E-state index in [9.17, 15) is 14.4 Å². The van der Waals surface area contributed by atoms with Gasteiger partial charge in [0.05, 0.1) is 21.3 Å². The number of hydrogen-bond acceptors (Lipinski definition) is 6. The molecule has 1 saturated carbocycles. The van der Waals surface area contributed by atoms with E-state index in [0.717, 1.165) is 12.8 Å². The van der Waals surface area contributed by atoms with Gasteiger partial charge in [-0.3, -0.25) is 25.2 Å². The molecule has 2 aromatic carbocycles. The second kappa shape index (κ2) is 9.17. The fraction of sp³-hybridized carbons (Fsp3) is 0.286. The van der Waals surface area contributed by atoms with Crippen LogP contribution in [0.2, 0.25) is 0 Å². The Morgan fingerprint density at radius 3 is 1.80 bits per heavy atom. The minimum Gasteiger partial charge on any atom is -0.493 e. The second-order valence-corrected chi connectivity index (χ2v) is 6.66. The van der Waals surface area contributed by atoms with Gasteiger partial charge in [-0.05, 0) is 49.2 Å². The van der Waals surface area contributed by atoms with Crippen LogP contribution in [0.25, 0.3) is 0 Å². The molecule has 3 amide bonds. The largest absolute Gasteiger partial charge is 0.493 e. The van der Waals surface area contributed by atoms with Crippen LogP contribution in [0.5, 0.6) is 17.2 Å². The molecular weight excluding hydrogens is 390 g/mol. The zero-order valence-corrected chi connectivity index (χ0v) is 16.9. The number of rotatable bonds is 7. The van der Waals surface area contributed by atoms with Crippen LogP contribution < -0.4 is 30.4 Å². The van der Waals surface area contributed by atoms with Gasteiger partial charge in [0.15, 0.2) is 11.5 Å². The molecule has 0 spiro atoms. The summed E-state index contributed by atoms with van der Waals surface area (Å²) in [5, 5.41) is 2.80. The number of amides is 3. The summed E-state index contributed by atoms with van der Waals surface area (Å²) >= 11 is 0. The fourth-order valence-electron chi connectivity index (χ4n) is 2.76. The van der Waals surface area contributed by atoms with Gasteiger partial charge in [-0.2, -0.15) is 0 Å². The summed E-state index contributed by atoms with van der Waals surface area (Å²) in [6, 6.07) is 9.33. The summed E-state index contributed by atoms with van der Waals surface area (Å²) in [5.74, 6) is 0.0127. The zero-order valence-electron chi connectivity index (χ0n) is 16.9. The Balaban J connectivity index is 1.61. The van der Waals surface area contributed by atoms with Crippen LogP contribution in [0.4, 0.5) is 5.69 Å². The molecule has 0 saturated heterocycles. The Labute approximate surface area is 173 Å². The number of nitrogens with one attached hydrogen (secondary N) is 3. The Bertz CT molecular complexity index is 929. The molecule has 0 radical (unpaired) electrons. The third kappa shape index (κ3) is 4.80. The van der Waals surface area contributed by atoms with Gasteiger partial charge >= 0.3 is 0 Å². The van der Waals surface area contributed by atoms with Crippen molar-refractivity contribution in [3.05, 3.63) is 47.5 Å². The quantitative estimate of drug-likeness (QED) is 0.599. The van der Waals surface area contributed by atoms with E-state index in [1.165, 1.54) is 33.5 Å². The maximum absolute atomic E-state index is 12.4.